The maximum Gasteiger partial charge on any atom is 0.272 e. The Labute approximate surface area is 108 Å². The zero-order valence-corrected chi connectivity index (χ0v) is 10.8. The molecule has 6 nitrogen and oxygen atoms in total. The van der Waals surface area contributed by atoms with Crippen molar-refractivity contribution in [3.05, 3.63) is 45.3 Å². The van der Waals surface area contributed by atoms with E-state index in [0.29, 0.717) is 12.1 Å². The molecule has 1 aromatic heterocycles. The number of aryl methyl sites for hydroxylation is 1. The van der Waals surface area contributed by atoms with Gasteiger partial charge in [0.1, 0.15) is 5.82 Å². The number of anilines is 1. The molecule has 0 atom stereocenters. The molecule has 1 aromatic carbocycles. The summed E-state index contributed by atoms with van der Waals surface area (Å²) in [6.45, 7) is 4.07. The minimum Gasteiger partial charge on any atom is -0.356 e. The van der Waals surface area contributed by atoms with Gasteiger partial charge in [0, 0.05) is 29.7 Å². The van der Waals surface area contributed by atoms with Crippen LogP contribution in [0.15, 0.2) is 18.2 Å². The van der Waals surface area contributed by atoms with Gasteiger partial charge in [-0.3, -0.25) is 10.1 Å². The Morgan fingerprint density at radius 1 is 1.44 bits per heavy atom. The summed E-state index contributed by atoms with van der Waals surface area (Å²) in [5.41, 5.74) is 1.70. The van der Waals surface area contributed by atoms with Crippen molar-refractivity contribution in [2.45, 2.75) is 20.4 Å². The summed E-state index contributed by atoms with van der Waals surface area (Å²) in [5.74, 6) is 0.721. The molecule has 0 aliphatic rings. The third-order valence-corrected chi connectivity index (χ3v) is 3.34. The van der Waals surface area contributed by atoms with E-state index in [4.69, 9.17) is 0 Å². The summed E-state index contributed by atoms with van der Waals surface area (Å²) in [4.78, 5) is 14.6. The lowest BCUT2D eigenvalue weighted by Crippen LogP contribution is -2.03. The summed E-state index contributed by atoms with van der Waals surface area (Å²) in [6.07, 6.45) is 0. The van der Waals surface area contributed by atoms with Crippen molar-refractivity contribution in [1.29, 1.82) is 0 Å². The van der Waals surface area contributed by atoms with Gasteiger partial charge in [0.2, 0.25) is 5.13 Å². The van der Waals surface area contributed by atoms with Gasteiger partial charge in [-0.25, -0.2) is 4.98 Å². The van der Waals surface area contributed by atoms with Crippen LogP contribution < -0.4 is 5.32 Å². The Morgan fingerprint density at radius 2 is 2.22 bits per heavy atom. The van der Waals surface area contributed by atoms with Gasteiger partial charge in [-0.15, -0.1) is 0 Å². The van der Waals surface area contributed by atoms with Crippen molar-refractivity contribution in [3.63, 3.8) is 0 Å². The van der Waals surface area contributed by atoms with Crippen molar-refractivity contribution in [2.75, 3.05) is 5.32 Å². The van der Waals surface area contributed by atoms with E-state index in [2.05, 4.69) is 14.7 Å². The molecule has 0 fully saturated rings. The highest BCUT2D eigenvalue weighted by Crippen LogP contribution is 2.22. The van der Waals surface area contributed by atoms with Crippen LogP contribution in [-0.2, 0) is 6.54 Å². The molecule has 18 heavy (non-hydrogen) atoms. The van der Waals surface area contributed by atoms with Crippen molar-refractivity contribution in [2.24, 2.45) is 0 Å². The lowest BCUT2D eigenvalue weighted by Gasteiger charge is -2.06. The molecule has 0 spiro atoms. The van der Waals surface area contributed by atoms with E-state index in [0.717, 1.165) is 16.5 Å². The molecule has 0 radical (unpaired) electrons. The highest BCUT2D eigenvalue weighted by atomic mass is 32.1. The van der Waals surface area contributed by atoms with Crippen molar-refractivity contribution < 1.29 is 4.92 Å². The number of nitrogens with one attached hydrogen (secondary N) is 1. The van der Waals surface area contributed by atoms with Crippen LogP contribution in [0.25, 0.3) is 0 Å². The first-order valence-electron chi connectivity index (χ1n) is 5.35. The monoisotopic (exact) mass is 264 g/mol. The van der Waals surface area contributed by atoms with Crippen LogP contribution in [0.2, 0.25) is 0 Å². The smallest absolute Gasteiger partial charge is 0.272 e. The average molecular weight is 264 g/mol. The van der Waals surface area contributed by atoms with Gasteiger partial charge in [-0.05, 0) is 19.4 Å². The van der Waals surface area contributed by atoms with E-state index in [1.165, 1.54) is 17.6 Å². The number of hydrogen-bond acceptors (Lipinski definition) is 6. The molecule has 0 saturated carbocycles. The zero-order chi connectivity index (χ0) is 13.1. The molecule has 0 amide bonds. The second kappa shape index (κ2) is 5.09. The summed E-state index contributed by atoms with van der Waals surface area (Å²) in [7, 11) is 0. The van der Waals surface area contributed by atoms with Gasteiger partial charge in [0.15, 0.2) is 0 Å². The van der Waals surface area contributed by atoms with E-state index in [9.17, 15) is 10.1 Å². The van der Waals surface area contributed by atoms with Gasteiger partial charge in [0.05, 0.1) is 4.92 Å². The molecular formula is C11H12N4O2S. The van der Waals surface area contributed by atoms with E-state index in [-0.39, 0.29) is 10.6 Å². The first-order valence-corrected chi connectivity index (χ1v) is 6.12. The maximum atomic E-state index is 10.8. The molecule has 0 saturated heterocycles. The average Bonchev–Trinajstić information content (AvgIpc) is 2.73. The van der Waals surface area contributed by atoms with Gasteiger partial charge < -0.3 is 5.32 Å². The van der Waals surface area contributed by atoms with Crippen molar-refractivity contribution >= 4 is 22.4 Å². The predicted molar refractivity (Wildman–Crippen MR) is 69.8 cm³/mol. The summed E-state index contributed by atoms with van der Waals surface area (Å²) in [5, 5.41) is 14.6. The van der Waals surface area contributed by atoms with Gasteiger partial charge in [-0.1, -0.05) is 12.1 Å². The largest absolute Gasteiger partial charge is 0.356 e. The molecule has 1 N–H and O–H groups in total. The van der Waals surface area contributed by atoms with Crippen LogP contribution in [0.3, 0.4) is 0 Å². The topological polar surface area (TPSA) is 81.0 Å². The quantitative estimate of drug-likeness (QED) is 0.678. The van der Waals surface area contributed by atoms with E-state index < -0.39 is 0 Å². The minimum absolute atomic E-state index is 0.141. The highest BCUT2D eigenvalue weighted by molar-refractivity contribution is 7.09. The third kappa shape index (κ3) is 2.62. The van der Waals surface area contributed by atoms with E-state index in [1.54, 1.807) is 13.0 Å². The summed E-state index contributed by atoms with van der Waals surface area (Å²) >= 11 is 1.28. The Kier molecular flexibility index (Phi) is 3.52. The Morgan fingerprint density at radius 3 is 2.83 bits per heavy atom. The predicted octanol–water partition coefficient (Wildman–Crippen LogP) is 2.68. The molecule has 0 bridgehead atoms. The fraction of sp³-hybridized carbons (Fsp3) is 0.273. The van der Waals surface area contributed by atoms with Crippen LogP contribution in [0, 0.1) is 24.0 Å². The van der Waals surface area contributed by atoms with Gasteiger partial charge >= 0.3 is 0 Å². The van der Waals surface area contributed by atoms with Crippen molar-refractivity contribution in [1.82, 2.24) is 9.36 Å². The summed E-state index contributed by atoms with van der Waals surface area (Å²) in [6, 6.07) is 5.06. The van der Waals surface area contributed by atoms with Crippen LogP contribution >= 0.6 is 11.5 Å². The zero-order valence-electron chi connectivity index (χ0n) is 10.0. The van der Waals surface area contributed by atoms with Crippen LogP contribution in [0.5, 0.6) is 0 Å². The number of aromatic nitrogens is 2. The molecule has 0 aliphatic heterocycles. The lowest BCUT2D eigenvalue weighted by molar-refractivity contribution is -0.385. The molecule has 0 aliphatic carbocycles. The molecular weight excluding hydrogens is 252 g/mol. The number of nitrogens with zero attached hydrogens (tertiary/aromatic N) is 3. The number of nitro groups is 1. The van der Waals surface area contributed by atoms with Crippen LogP contribution in [-0.4, -0.2) is 14.3 Å². The number of hydrogen-bond donors (Lipinski definition) is 1. The van der Waals surface area contributed by atoms with Crippen LogP contribution in [0.4, 0.5) is 10.8 Å². The summed E-state index contributed by atoms with van der Waals surface area (Å²) < 4.78 is 4.06. The van der Waals surface area contributed by atoms with E-state index in [1.807, 2.05) is 13.0 Å². The van der Waals surface area contributed by atoms with Crippen molar-refractivity contribution in [3.8, 4) is 0 Å². The Bertz CT molecular complexity index is 582. The number of benzene rings is 1. The molecule has 7 heteroatoms. The molecule has 94 valence electrons. The fourth-order valence-corrected chi connectivity index (χ4v) is 2.17. The second-order valence-electron chi connectivity index (χ2n) is 3.82. The first-order chi connectivity index (χ1) is 8.58. The van der Waals surface area contributed by atoms with Gasteiger partial charge in [0.25, 0.3) is 5.69 Å². The highest BCUT2D eigenvalue weighted by Gasteiger charge is 2.13. The first kappa shape index (κ1) is 12.4. The Hall–Kier alpha value is -2.02. The number of rotatable bonds is 4. The van der Waals surface area contributed by atoms with Gasteiger partial charge in [-0.2, -0.15) is 4.37 Å². The van der Waals surface area contributed by atoms with Crippen LogP contribution in [0.1, 0.15) is 17.0 Å². The minimum atomic E-state index is -0.367. The van der Waals surface area contributed by atoms with E-state index >= 15 is 0 Å². The Balaban J connectivity index is 2.14. The molecule has 2 rings (SSSR count). The molecule has 0 unspecified atom stereocenters. The molecule has 2 aromatic rings. The normalized spacial score (nSPS) is 10.3. The standard InChI is InChI=1S/C11H12N4O2S/c1-7-9(4-3-5-10(7)15(16)17)6-12-11-13-8(2)14-18-11/h3-5H,6H2,1-2H3,(H,12,13,14). The second-order valence-corrected chi connectivity index (χ2v) is 4.57. The maximum absolute atomic E-state index is 10.8. The molecule has 1 heterocycles. The third-order valence-electron chi connectivity index (χ3n) is 2.57. The fourth-order valence-electron chi connectivity index (χ4n) is 1.60. The number of nitro benzene ring substituents is 1. The lowest BCUT2D eigenvalue weighted by atomic mass is 10.1. The SMILES string of the molecule is Cc1nsc(NCc2cccc([N+](=O)[O-])c2C)n1.